The van der Waals surface area contributed by atoms with Gasteiger partial charge in [-0.2, -0.15) is 0 Å². The maximum absolute atomic E-state index is 10.4. The number of esters is 2. The standard InChI is InChI=1S/C7H8O6/c1-4(8)6(10)12-3-13-7(11)5(2)9/h3H2,1-2H3. The summed E-state index contributed by atoms with van der Waals surface area (Å²) in [7, 11) is 0. The lowest BCUT2D eigenvalue weighted by Gasteiger charge is -2.01. The van der Waals surface area contributed by atoms with E-state index in [0.29, 0.717) is 0 Å². The molecule has 72 valence electrons. The van der Waals surface area contributed by atoms with Crippen molar-refractivity contribution in [1.82, 2.24) is 0 Å². The fourth-order valence-electron chi connectivity index (χ4n) is 0.340. The Labute approximate surface area is 73.8 Å². The van der Waals surface area contributed by atoms with E-state index in [-0.39, 0.29) is 0 Å². The zero-order chi connectivity index (χ0) is 10.4. The van der Waals surface area contributed by atoms with Gasteiger partial charge in [0.25, 0.3) is 0 Å². The van der Waals surface area contributed by atoms with Crippen molar-refractivity contribution in [1.29, 1.82) is 0 Å². The normalized spacial score (nSPS) is 8.77. The van der Waals surface area contributed by atoms with Gasteiger partial charge >= 0.3 is 11.9 Å². The van der Waals surface area contributed by atoms with E-state index in [9.17, 15) is 19.2 Å². The quantitative estimate of drug-likeness (QED) is 0.326. The van der Waals surface area contributed by atoms with E-state index in [1.165, 1.54) is 0 Å². The van der Waals surface area contributed by atoms with Crippen LogP contribution in [0.1, 0.15) is 13.8 Å². The monoisotopic (exact) mass is 188 g/mol. The Morgan fingerprint density at radius 1 is 0.846 bits per heavy atom. The van der Waals surface area contributed by atoms with E-state index in [1.807, 2.05) is 0 Å². The number of carbonyl (C=O) groups excluding carboxylic acids is 4. The Balaban J connectivity index is 3.69. The molecule has 0 amide bonds. The summed E-state index contributed by atoms with van der Waals surface area (Å²) >= 11 is 0. The van der Waals surface area contributed by atoms with Crippen molar-refractivity contribution in [3.63, 3.8) is 0 Å². The van der Waals surface area contributed by atoms with Gasteiger partial charge in [0.15, 0.2) is 0 Å². The minimum Gasteiger partial charge on any atom is -0.422 e. The van der Waals surface area contributed by atoms with E-state index >= 15 is 0 Å². The second kappa shape index (κ2) is 5.02. The molecule has 13 heavy (non-hydrogen) atoms. The molecule has 0 aliphatic rings. The summed E-state index contributed by atoms with van der Waals surface area (Å²) in [4.78, 5) is 41.4. The number of ether oxygens (including phenoxy) is 2. The summed E-state index contributed by atoms with van der Waals surface area (Å²) in [6.07, 6.45) is 0. The molecule has 0 bridgehead atoms. The number of Topliss-reactive ketones (excluding diaryl/α,β-unsaturated/α-hetero) is 2. The molecule has 0 aliphatic carbocycles. The second-order valence-electron chi connectivity index (χ2n) is 2.09. The van der Waals surface area contributed by atoms with Crippen LogP contribution in [0.4, 0.5) is 0 Å². The second-order valence-corrected chi connectivity index (χ2v) is 2.09. The van der Waals surface area contributed by atoms with Crippen molar-refractivity contribution in [2.24, 2.45) is 0 Å². The molecule has 0 atom stereocenters. The van der Waals surface area contributed by atoms with Crippen LogP contribution in [0.25, 0.3) is 0 Å². The molecule has 6 nitrogen and oxygen atoms in total. The first-order chi connectivity index (χ1) is 5.95. The van der Waals surface area contributed by atoms with E-state index in [1.54, 1.807) is 0 Å². The molecule has 0 saturated carbocycles. The summed E-state index contributed by atoms with van der Waals surface area (Å²) in [6.45, 7) is 1.29. The Morgan fingerprint density at radius 3 is 1.38 bits per heavy atom. The molecule has 0 aromatic heterocycles. The first kappa shape index (κ1) is 11.3. The summed E-state index contributed by atoms with van der Waals surface area (Å²) in [5, 5.41) is 0. The van der Waals surface area contributed by atoms with Crippen LogP contribution in [0.3, 0.4) is 0 Å². The van der Waals surface area contributed by atoms with Crippen molar-refractivity contribution in [2.45, 2.75) is 13.8 Å². The molecule has 0 unspecified atom stereocenters. The highest BCUT2D eigenvalue weighted by Gasteiger charge is 2.12. The van der Waals surface area contributed by atoms with Gasteiger partial charge in [-0.15, -0.1) is 0 Å². The largest absolute Gasteiger partial charge is 0.422 e. The molecule has 0 aromatic rings. The molecule has 0 fully saturated rings. The fourth-order valence-corrected chi connectivity index (χ4v) is 0.340. The molecule has 0 N–H and O–H groups in total. The van der Waals surface area contributed by atoms with Gasteiger partial charge in [0.1, 0.15) is 0 Å². The van der Waals surface area contributed by atoms with E-state index in [0.717, 1.165) is 13.8 Å². The molecule has 0 rings (SSSR count). The van der Waals surface area contributed by atoms with E-state index in [2.05, 4.69) is 9.47 Å². The molecule has 0 spiro atoms. The highest BCUT2D eigenvalue weighted by molar-refractivity contribution is 6.33. The number of carbonyl (C=O) groups is 4. The van der Waals surface area contributed by atoms with Crippen LogP contribution >= 0.6 is 0 Å². The number of rotatable bonds is 4. The van der Waals surface area contributed by atoms with Crippen molar-refractivity contribution >= 4 is 23.5 Å². The smallest absolute Gasteiger partial charge is 0.377 e. The van der Waals surface area contributed by atoms with Crippen molar-refractivity contribution in [2.75, 3.05) is 6.79 Å². The molecule has 0 heterocycles. The van der Waals surface area contributed by atoms with E-state index < -0.39 is 30.3 Å². The third kappa shape index (κ3) is 4.67. The molecule has 0 aromatic carbocycles. The highest BCUT2D eigenvalue weighted by atomic mass is 16.7. The molecular weight excluding hydrogens is 180 g/mol. The van der Waals surface area contributed by atoms with Gasteiger partial charge < -0.3 is 9.47 Å². The highest BCUT2D eigenvalue weighted by Crippen LogP contribution is 1.85. The lowest BCUT2D eigenvalue weighted by molar-refractivity contribution is -0.172. The first-order valence-corrected chi connectivity index (χ1v) is 3.30. The van der Waals surface area contributed by atoms with Gasteiger partial charge in [-0.05, 0) is 0 Å². The minimum atomic E-state index is -1.11. The van der Waals surface area contributed by atoms with Crippen molar-refractivity contribution in [3.05, 3.63) is 0 Å². The lowest BCUT2D eigenvalue weighted by atomic mass is 10.5. The predicted octanol–water partition coefficient (Wildman–Crippen LogP) is -0.792. The van der Waals surface area contributed by atoms with Gasteiger partial charge in [-0.3, -0.25) is 9.59 Å². The average Bonchev–Trinajstić information content (AvgIpc) is 2.03. The van der Waals surface area contributed by atoms with Crippen LogP contribution in [0.2, 0.25) is 0 Å². The number of hydrogen-bond acceptors (Lipinski definition) is 6. The summed E-state index contributed by atoms with van der Waals surface area (Å²) in [6, 6.07) is 0. The van der Waals surface area contributed by atoms with Gasteiger partial charge in [0, 0.05) is 13.8 Å². The van der Waals surface area contributed by atoms with Crippen molar-refractivity contribution < 1.29 is 28.7 Å². The van der Waals surface area contributed by atoms with Crippen LogP contribution in [-0.4, -0.2) is 30.3 Å². The van der Waals surface area contributed by atoms with E-state index in [4.69, 9.17) is 0 Å². The maximum atomic E-state index is 10.4. The topological polar surface area (TPSA) is 86.7 Å². The predicted molar refractivity (Wildman–Crippen MR) is 38.4 cm³/mol. The van der Waals surface area contributed by atoms with Crippen molar-refractivity contribution in [3.8, 4) is 0 Å². The first-order valence-electron chi connectivity index (χ1n) is 3.30. The minimum absolute atomic E-state index is 0.725. The van der Waals surface area contributed by atoms with Crippen LogP contribution in [-0.2, 0) is 28.7 Å². The summed E-state index contributed by atoms with van der Waals surface area (Å²) in [5.41, 5.74) is 0. The number of hydrogen-bond donors (Lipinski definition) is 0. The van der Waals surface area contributed by atoms with Gasteiger partial charge in [-0.1, -0.05) is 0 Å². The molecule has 0 aliphatic heterocycles. The third-order valence-electron chi connectivity index (χ3n) is 0.955. The Bertz CT molecular complexity index is 228. The summed E-state index contributed by atoms with van der Waals surface area (Å²) in [5.74, 6) is -3.84. The molecular formula is C7H8O6. The van der Waals surface area contributed by atoms with Gasteiger partial charge in [0.2, 0.25) is 18.4 Å². The maximum Gasteiger partial charge on any atom is 0.377 e. The Morgan fingerprint density at radius 2 is 1.15 bits per heavy atom. The van der Waals surface area contributed by atoms with Crippen LogP contribution in [0.15, 0.2) is 0 Å². The zero-order valence-electron chi connectivity index (χ0n) is 7.16. The molecule has 0 saturated heterocycles. The van der Waals surface area contributed by atoms with Crippen LogP contribution < -0.4 is 0 Å². The van der Waals surface area contributed by atoms with Crippen LogP contribution in [0, 0.1) is 0 Å². The van der Waals surface area contributed by atoms with Gasteiger partial charge in [-0.25, -0.2) is 9.59 Å². The third-order valence-corrected chi connectivity index (χ3v) is 0.955. The molecule has 0 radical (unpaired) electrons. The average molecular weight is 188 g/mol. The number of ketones is 2. The summed E-state index contributed by atoms with van der Waals surface area (Å²) < 4.78 is 8.28. The molecule has 6 heteroatoms. The SMILES string of the molecule is CC(=O)C(=O)OCOC(=O)C(C)=O. The zero-order valence-corrected chi connectivity index (χ0v) is 7.16. The van der Waals surface area contributed by atoms with Gasteiger partial charge in [0.05, 0.1) is 0 Å². The fraction of sp³-hybridized carbons (Fsp3) is 0.429. The van der Waals surface area contributed by atoms with Crippen LogP contribution in [0.5, 0.6) is 0 Å². The Hall–Kier alpha value is -1.72. The lowest BCUT2D eigenvalue weighted by Crippen LogP contribution is -2.20. The Kier molecular flexibility index (Phi) is 4.36.